The summed E-state index contributed by atoms with van der Waals surface area (Å²) in [5.74, 6) is 0.669. The van der Waals surface area contributed by atoms with Gasteiger partial charge >= 0.3 is 0 Å². The molecule has 0 radical (unpaired) electrons. The number of carbonyl (C=O) groups is 1. The van der Waals surface area contributed by atoms with Gasteiger partial charge < -0.3 is 10.6 Å². The molecule has 2 N–H and O–H groups in total. The Labute approximate surface area is 172 Å². The Hall–Kier alpha value is -2.82. The first kappa shape index (κ1) is 19.5. The first-order valence-electron chi connectivity index (χ1n) is 10.8. The summed E-state index contributed by atoms with van der Waals surface area (Å²) in [6, 6.07) is 12.8. The van der Waals surface area contributed by atoms with Crippen LogP contribution in [0, 0.1) is 0 Å². The first-order chi connectivity index (χ1) is 14.1. The molecule has 5 nitrogen and oxygen atoms in total. The predicted molar refractivity (Wildman–Crippen MR) is 120 cm³/mol. The largest absolute Gasteiger partial charge is 0.380 e. The van der Waals surface area contributed by atoms with Crippen LogP contribution in [0.4, 0.5) is 11.4 Å². The van der Waals surface area contributed by atoms with Crippen LogP contribution in [0.25, 0.3) is 22.0 Å². The molecule has 152 valence electrons. The van der Waals surface area contributed by atoms with Crippen LogP contribution in [0.15, 0.2) is 36.4 Å². The van der Waals surface area contributed by atoms with Gasteiger partial charge in [-0.3, -0.25) is 9.48 Å². The van der Waals surface area contributed by atoms with E-state index in [1.54, 1.807) is 0 Å². The highest BCUT2D eigenvalue weighted by atomic mass is 16.1. The zero-order valence-corrected chi connectivity index (χ0v) is 17.7. The summed E-state index contributed by atoms with van der Waals surface area (Å²) in [6.45, 7) is 9.07. The molecule has 1 saturated carbocycles. The number of amides is 1. The Balaban J connectivity index is 0.000000994. The Morgan fingerprint density at radius 2 is 1.97 bits per heavy atom. The Morgan fingerprint density at radius 1 is 1.17 bits per heavy atom. The van der Waals surface area contributed by atoms with E-state index in [0.717, 1.165) is 29.0 Å². The summed E-state index contributed by atoms with van der Waals surface area (Å²) in [5, 5.41) is 12.7. The lowest BCUT2D eigenvalue weighted by atomic mass is 9.99. The number of rotatable bonds is 3. The highest BCUT2D eigenvalue weighted by molar-refractivity contribution is 6.01. The van der Waals surface area contributed by atoms with Crippen molar-refractivity contribution in [1.82, 2.24) is 9.78 Å². The zero-order chi connectivity index (χ0) is 20.5. The number of hydrogen-bond donors (Lipinski definition) is 2. The molecule has 2 aliphatic rings. The summed E-state index contributed by atoms with van der Waals surface area (Å²) >= 11 is 0. The van der Waals surface area contributed by atoms with Crippen LogP contribution in [0.2, 0.25) is 0 Å². The molecule has 3 aromatic rings. The van der Waals surface area contributed by atoms with Crippen molar-refractivity contribution in [2.75, 3.05) is 10.6 Å². The maximum Gasteiger partial charge on any atom is 0.226 e. The van der Waals surface area contributed by atoms with Gasteiger partial charge in [0.15, 0.2) is 0 Å². The van der Waals surface area contributed by atoms with Crippen LogP contribution in [0.1, 0.15) is 58.6 Å². The molecular weight excluding hydrogens is 360 g/mol. The molecular formula is C24H30N4O. The van der Waals surface area contributed by atoms with Gasteiger partial charge in [0.05, 0.1) is 22.6 Å². The summed E-state index contributed by atoms with van der Waals surface area (Å²) in [5.41, 5.74) is 6.59. The maximum atomic E-state index is 12.1. The molecule has 5 heteroatoms. The highest BCUT2D eigenvalue weighted by Gasteiger charge is 2.29. The number of nitrogens with one attached hydrogen (secondary N) is 2. The fourth-order valence-electron chi connectivity index (χ4n) is 4.10. The second kappa shape index (κ2) is 7.90. The number of carbonyl (C=O) groups excluding carboxylic acids is 1. The summed E-state index contributed by atoms with van der Waals surface area (Å²) in [7, 11) is 0. The van der Waals surface area contributed by atoms with Crippen molar-refractivity contribution < 1.29 is 4.79 Å². The van der Waals surface area contributed by atoms with Gasteiger partial charge in [0.2, 0.25) is 5.91 Å². The van der Waals surface area contributed by atoms with Gasteiger partial charge in [-0.05, 0) is 50.5 Å². The number of para-hydroxylation sites is 1. The van der Waals surface area contributed by atoms with Crippen LogP contribution in [-0.4, -0.2) is 21.7 Å². The number of benzene rings is 2. The van der Waals surface area contributed by atoms with Gasteiger partial charge in [-0.2, -0.15) is 5.10 Å². The summed E-state index contributed by atoms with van der Waals surface area (Å²) < 4.78 is 2.11. The Morgan fingerprint density at radius 3 is 2.69 bits per heavy atom. The minimum absolute atomic E-state index is 0.0570. The Bertz CT molecular complexity index is 1050. The summed E-state index contributed by atoms with van der Waals surface area (Å²) in [4.78, 5) is 12.1. The first-order valence-corrected chi connectivity index (χ1v) is 10.8. The molecule has 1 fully saturated rings. The lowest BCUT2D eigenvalue weighted by Gasteiger charge is -2.17. The highest BCUT2D eigenvalue weighted by Crippen LogP contribution is 2.44. The molecule has 1 aliphatic heterocycles. The van der Waals surface area contributed by atoms with Crippen molar-refractivity contribution in [1.29, 1.82) is 0 Å². The molecule has 1 aromatic heterocycles. The lowest BCUT2D eigenvalue weighted by Crippen LogP contribution is -2.19. The number of aryl methyl sites for hydroxylation is 1. The molecule has 5 rings (SSSR count). The molecule has 0 saturated heterocycles. The SMILES string of the molecule is CC.CCn1nc(C2CC2)c2cc(-c3cccc4c3NC(C)CC(=O)N4)ccc21. The quantitative estimate of drug-likeness (QED) is 0.597. The molecule has 29 heavy (non-hydrogen) atoms. The van der Waals surface area contributed by atoms with Crippen molar-refractivity contribution in [2.24, 2.45) is 0 Å². The summed E-state index contributed by atoms with van der Waals surface area (Å²) in [6.07, 6.45) is 2.96. The maximum absolute atomic E-state index is 12.1. The number of nitrogens with zero attached hydrogens (tertiary/aromatic N) is 2. The Kier molecular flexibility index (Phi) is 5.31. The van der Waals surface area contributed by atoms with Gasteiger partial charge in [-0.1, -0.05) is 32.0 Å². The van der Waals surface area contributed by atoms with Crippen LogP contribution >= 0.6 is 0 Å². The van der Waals surface area contributed by atoms with E-state index in [0.29, 0.717) is 12.3 Å². The number of fused-ring (bicyclic) bond motifs is 2. The van der Waals surface area contributed by atoms with E-state index < -0.39 is 0 Å². The van der Waals surface area contributed by atoms with Crippen LogP contribution < -0.4 is 10.6 Å². The van der Waals surface area contributed by atoms with Gasteiger partial charge in [-0.25, -0.2) is 0 Å². The molecule has 1 unspecified atom stereocenters. The monoisotopic (exact) mass is 390 g/mol. The zero-order valence-electron chi connectivity index (χ0n) is 17.7. The van der Waals surface area contributed by atoms with Crippen LogP contribution in [0.5, 0.6) is 0 Å². The van der Waals surface area contributed by atoms with E-state index in [1.165, 1.54) is 29.4 Å². The molecule has 2 heterocycles. The minimum Gasteiger partial charge on any atom is -0.380 e. The van der Waals surface area contributed by atoms with E-state index in [4.69, 9.17) is 5.10 Å². The van der Waals surface area contributed by atoms with E-state index >= 15 is 0 Å². The number of anilines is 2. The van der Waals surface area contributed by atoms with Crippen molar-refractivity contribution in [3.05, 3.63) is 42.1 Å². The molecule has 1 amide bonds. The second-order valence-electron chi connectivity index (χ2n) is 7.73. The van der Waals surface area contributed by atoms with Gasteiger partial charge in [0.25, 0.3) is 0 Å². The van der Waals surface area contributed by atoms with Crippen molar-refractivity contribution in [3.8, 4) is 11.1 Å². The molecule has 2 aromatic carbocycles. The normalized spacial score (nSPS) is 18.2. The number of hydrogen-bond acceptors (Lipinski definition) is 3. The fraction of sp³-hybridized carbons (Fsp3) is 0.417. The second-order valence-corrected chi connectivity index (χ2v) is 7.73. The average molecular weight is 391 g/mol. The predicted octanol–water partition coefficient (Wildman–Crippen LogP) is 5.77. The third-order valence-electron chi connectivity index (χ3n) is 5.57. The smallest absolute Gasteiger partial charge is 0.226 e. The fourth-order valence-corrected chi connectivity index (χ4v) is 4.10. The molecule has 0 bridgehead atoms. The van der Waals surface area contributed by atoms with E-state index in [9.17, 15) is 4.79 Å². The van der Waals surface area contributed by atoms with E-state index in [1.807, 2.05) is 32.9 Å². The number of aromatic nitrogens is 2. The van der Waals surface area contributed by atoms with Crippen LogP contribution in [-0.2, 0) is 11.3 Å². The van der Waals surface area contributed by atoms with Crippen molar-refractivity contribution in [3.63, 3.8) is 0 Å². The third kappa shape index (κ3) is 3.61. The minimum atomic E-state index is 0.0570. The average Bonchev–Trinajstić information content (AvgIpc) is 3.52. The van der Waals surface area contributed by atoms with Crippen molar-refractivity contribution in [2.45, 2.75) is 65.5 Å². The standard InChI is InChI=1S/C22H24N4O.C2H6/c1-3-26-19-10-9-15(12-17(19)21(25-26)14-7-8-14)16-5-4-6-18-22(16)23-13(2)11-20(27)24-18;1-2/h4-6,9-10,12-14,23H,3,7-8,11H2,1-2H3,(H,24,27);1-2H3. The molecule has 0 spiro atoms. The molecule has 1 atom stereocenters. The van der Waals surface area contributed by atoms with Crippen LogP contribution in [0.3, 0.4) is 0 Å². The molecule has 1 aliphatic carbocycles. The van der Waals surface area contributed by atoms with E-state index in [-0.39, 0.29) is 11.9 Å². The lowest BCUT2D eigenvalue weighted by molar-refractivity contribution is -0.116. The van der Waals surface area contributed by atoms with E-state index in [2.05, 4.69) is 46.5 Å². The van der Waals surface area contributed by atoms with Gasteiger partial charge in [0.1, 0.15) is 0 Å². The van der Waals surface area contributed by atoms with Gasteiger partial charge in [0, 0.05) is 35.9 Å². The third-order valence-corrected chi connectivity index (χ3v) is 5.57. The van der Waals surface area contributed by atoms with Gasteiger partial charge in [-0.15, -0.1) is 0 Å². The van der Waals surface area contributed by atoms with Crippen molar-refractivity contribution >= 4 is 28.2 Å². The topological polar surface area (TPSA) is 59.0 Å².